The van der Waals surface area contributed by atoms with Gasteiger partial charge in [-0.1, -0.05) is 50.5 Å². The molecule has 0 amide bonds. The normalized spacial score (nSPS) is 28.1. The molecule has 2 fully saturated rings. The number of esters is 4. The van der Waals surface area contributed by atoms with Gasteiger partial charge in [0.25, 0.3) is 0 Å². The minimum Gasteiger partial charge on any atom is -0.468 e. The fraction of sp³-hybridized carbons (Fsp3) is 0.692. The third-order valence-electron chi connectivity index (χ3n) is 7.82. The third kappa shape index (κ3) is 3.85. The smallest absolute Gasteiger partial charge is 0.323 e. The van der Waals surface area contributed by atoms with Gasteiger partial charge in [-0.3, -0.25) is 19.2 Å². The fourth-order valence-electron chi connectivity index (χ4n) is 6.36. The van der Waals surface area contributed by atoms with Gasteiger partial charge in [0.2, 0.25) is 0 Å². The van der Waals surface area contributed by atoms with Crippen molar-refractivity contribution in [1.82, 2.24) is 0 Å². The molecule has 3 atom stereocenters. The number of rotatable bonds is 4. The molecule has 0 aromatic heterocycles. The van der Waals surface area contributed by atoms with Gasteiger partial charge in [-0.15, -0.1) is 0 Å². The first-order valence-electron chi connectivity index (χ1n) is 11.6. The Balaban J connectivity index is 2.26. The lowest BCUT2D eigenvalue weighted by molar-refractivity contribution is -0.170. The zero-order chi connectivity index (χ0) is 25.6. The topological polar surface area (TPSA) is 105 Å². The van der Waals surface area contributed by atoms with Crippen LogP contribution in [0, 0.1) is 34.0 Å². The maximum absolute atomic E-state index is 13.0. The summed E-state index contributed by atoms with van der Waals surface area (Å²) in [6, 6.07) is 0. The van der Waals surface area contributed by atoms with E-state index >= 15 is 0 Å². The molecule has 0 saturated heterocycles. The molecule has 0 unspecified atom stereocenters. The minimum atomic E-state index is -1.47. The highest BCUT2D eigenvalue weighted by atomic mass is 16.6. The van der Waals surface area contributed by atoms with Crippen LogP contribution in [-0.4, -0.2) is 52.3 Å². The first-order valence-corrected chi connectivity index (χ1v) is 11.6. The Hall–Kier alpha value is -2.64. The molecule has 0 radical (unpaired) electrons. The average Bonchev–Trinajstić information content (AvgIpc) is 3.40. The molecule has 34 heavy (non-hydrogen) atoms. The van der Waals surface area contributed by atoms with Gasteiger partial charge in [0.05, 0.1) is 28.4 Å². The number of fused-ring (bicyclic) bond motifs is 2. The predicted molar refractivity (Wildman–Crippen MR) is 122 cm³/mol. The molecule has 0 spiro atoms. The van der Waals surface area contributed by atoms with Crippen LogP contribution in [0.1, 0.15) is 53.4 Å². The first-order chi connectivity index (χ1) is 15.8. The summed E-state index contributed by atoms with van der Waals surface area (Å²) in [6.07, 6.45) is 2.96. The highest BCUT2D eigenvalue weighted by Gasteiger charge is 2.63. The molecule has 0 aromatic carbocycles. The number of carbonyl (C=O) groups excluding carboxylic acids is 4. The monoisotopic (exact) mass is 476 g/mol. The molecule has 0 aliphatic heterocycles. The van der Waals surface area contributed by atoms with E-state index < -0.39 is 34.7 Å². The van der Waals surface area contributed by atoms with Gasteiger partial charge < -0.3 is 18.9 Å². The fourth-order valence-corrected chi connectivity index (χ4v) is 6.36. The lowest BCUT2D eigenvalue weighted by Crippen LogP contribution is -2.40. The van der Waals surface area contributed by atoms with Crippen LogP contribution in [0.5, 0.6) is 0 Å². The summed E-state index contributed by atoms with van der Waals surface area (Å²) in [6.45, 7) is 8.36. The van der Waals surface area contributed by atoms with Crippen molar-refractivity contribution in [1.29, 1.82) is 0 Å². The van der Waals surface area contributed by atoms with E-state index in [4.69, 9.17) is 18.9 Å². The van der Waals surface area contributed by atoms with Gasteiger partial charge in [0.15, 0.2) is 10.8 Å². The van der Waals surface area contributed by atoms with Crippen LogP contribution >= 0.6 is 0 Å². The van der Waals surface area contributed by atoms with E-state index in [1.54, 1.807) is 0 Å². The zero-order valence-electron chi connectivity index (χ0n) is 21.4. The minimum absolute atomic E-state index is 0.00902. The second-order valence-corrected chi connectivity index (χ2v) is 10.9. The van der Waals surface area contributed by atoms with E-state index in [2.05, 4.69) is 33.8 Å². The van der Waals surface area contributed by atoms with Crippen molar-refractivity contribution in [3.8, 4) is 0 Å². The Kier molecular flexibility index (Phi) is 6.77. The summed E-state index contributed by atoms with van der Waals surface area (Å²) in [5.74, 6) is -2.84. The molecule has 3 aliphatic rings. The molecule has 8 heteroatoms. The van der Waals surface area contributed by atoms with Gasteiger partial charge in [0, 0.05) is 5.92 Å². The largest absolute Gasteiger partial charge is 0.468 e. The van der Waals surface area contributed by atoms with Gasteiger partial charge in [-0.2, -0.15) is 0 Å². The Morgan fingerprint density at radius 1 is 0.765 bits per heavy atom. The molecule has 188 valence electrons. The summed E-state index contributed by atoms with van der Waals surface area (Å²) in [7, 11) is 5.05. The van der Waals surface area contributed by atoms with E-state index in [-0.39, 0.29) is 48.9 Å². The number of allylic oxidation sites excluding steroid dienone is 4. The second kappa shape index (κ2) is 8.86. The molecule has 0 heterocycles. The molecule has 0 aromatic rings. The third-order valence-corrected chi connectivity index (χ3v) is 7.82. The Bertz CT molecular complexity index is 932. The van der Waals surface area contributed by atoms with Crippen molar-refractivity contribution in [2.24, 2.45) is 34.0 Å². The summed E-state index contributed by atoms with van der Waals surface area (Å²) >= 11 is 0. The van der Waals surface area contributed by atoms with Crippen LogP contribution in [-0.2, 0) is 38.1 Å². The lowest BCUT2D eigenvalue weighted by Gasteiger charge is -2.37. The quantitative estimate of drug-likeness (QED) is 0.263. The molecular weight excluding hydrogens is 440 g/mol. The number of hydrogen-bond acceptors (Lipinski definition) is 8. The summed E-state index contributed by atoms with van der Waals surface area (Å²) < 4.78 is 20.2. The molecule has 8 nitrogen and oxygen atoms in total. The lowest BCUT2D eigenvalue weighted by atomic mass is 9.68. The predicted octanol–water partition coefficient (Wildman–Crippen LogP) is 3.39. The van der Waals surface area contributed by atoms with Crippen molar-refractivity contribution in [2.45, 2.75) is 53.4 Å². The standard InChI is InChI=1S/C26H36O8/c1-14-15(9-24(2,3)4)17-11-26(22(29)33-7,23(30)34-8)13-19(17)18-12-25(10-16(14)18,20(27)31-5)21(28)32-6/h9,14,16-17H,10-13H2,1-8H3/b15-9-/t14-,16+,17-/m0/s1. The van der Waals surface area contributed by atoms with Crippen molar-refractivity contribution in [3.05, 3.63) is 22.8 Å². The van der Waals surface area contributed by atoms with E-state index in [1.165, 1.54) is 28.4 Å². The second-order valence-electron chi connectivity index (χ2n) is 10.9. The van der Waals surface area contributed by atoms with Crippen molar-refractivity contribution in [2.75, 3.05) is 28.4 Å². The number of ether oxygens (including phenoxy) is 4. The van der Waals surface area contributed by atoms with E-state index in [9.17, 15) is 19.2 Å². The molecule has 0 bridgehead atoms. The van der Waals surface area contributed by atoms with Crippen LogP contribution in [0.25, 0.3) is 0 Å². The summed E-state index contributed by atoms with van der Waals surface area (Å²) in [5.41, 5.74) is -0.110. The van der Waals surface area contributed by atoms with Crippen LogP contribution in [0.15, 0.2) is 22.8 Å². The van der Waals surface area contributed by atoms with Gasteiger partial charge in [0.1, 0.15) is 0 Å². The maximum Gasteiger partial charge on any atom is 0.323 e. The molecule has 2 saturated carbocycles. The van der Waals surface area contributed by atoms with Crippen LogP contribution in [0.3, 0.4) is 0 Å². The first kappa shape index (κ1) is 26.0. The molecule has 3 rings (SSSR count). The number of hydrogen-bond donors (Lipinski definition) is 0. The average molecular weight is 477 g/mol. The van der Waals surface area contributed by atoms with Gasteiger partial charge >= 0.3 is 23.9 Å². The molecule has 0 N–H and O–H groups in total. The van der Waals surface area contributed by atoms with E-state index in [0.717, 1.165) is 16.7 Å². The molecule has 3 aliphatic carbocycles. The van der Waals surface area contributed by atoms with Crippen LogP contribution in [0.4, 0.5) is 0 Å². The SMILES string of the molecule is COC(=O)C1(C(=O)OC)CC2=C3CC(C(=O)OC)(C(=O)OC)C[C@@H]3[C@@H](C)/C(=C/C(C)(C)C)[C@@H]2C1. The van der Waals surface area contributed by atoms with Crippen LogP contribution < -0.4 is 0 Å². The van der Waals surface area contributed by atoms with E-state index in [0.29, 0.717) is 0 Å². The van der Waals surface area contributed by atoms with Crippen molar-refractivity contribution >= 4 is 23.9 Å². The Morgan fingerprint density at radius 2 is 1.18 bits per heavy atom. The van der Waals surface area contributed by atoms with Crippen LogP contribution in [0.2, 0.25) is 0 Å². The molecular formula is C26H36O8. The number of carbonyl (C=O) groups is 4. The Labute approximate surface area is 201 Å². The summed E-state index contributed by atoms with van der Waals surface area (Å²) in [4.78, 5) is 51.8. The van der Waals surface area contributed by atoms with Gasteiger partial charge in [-0.25, -0.2) is 0 Å². The van der Waals surface area contributed by atoms with Crippen molar-refractivity contribution in [3.63, 3.8) is 0 Å². The van der Waals surface area contributed by atoms with Crippen molar-refractivity contribution < 1.29 is 38.1 Å². The highest BCUT2D eigenvalue weighted by Crippen LogP contribution is 2.63. The van der Waals surface area contributed by atoms with Gasteiger partial charge in [-0.05, 0) is 42.9 Å². The highest BCUT2D eigenvalue weighted by molar-refractivity contribution is 6.02. The van der Waals surface area contributed by atoms with E-state index in [1.807, 2.05) is 0 Å². The summed E-state index contributed by atoms with van der Waals surface area (Å²) in [5, 5.41) is 0. The maximum atomic E-state index is 13.0. The zero-order valence-corrected chi connectivity index (χ0v) is 21.4. The Morgan fingerprint density at radius 3 is 1.59 bits per heavy atom. The number of methoxy groups -OCH3 is 4.